The van der Waals surface area contributed by atoms with Crippen LogP contribution in [0.5, 0.6) is 0 Å². The molecule has 6 heteroatoms. The van der Waals surface area contributed by atoms with Gasteiger partial charge in [-0.05, 0) is 49.6 Å². The molecule has 1 aliphatic carbocycles. The van der Waals surface area contributed by atoms with E-state index in [1.165, 1.54) is 17.7 Å². The number of unbranched alkanes of at least 4 members (excludes halogenated alkanes) is 1. The number of Topliss-reactive ketones (excluding diaryl/α,β-unsaturated/α-hetero) is 1. The van der Waals surface area contributed by atoms with Crippen LogP contribution < -0.4 is 0 Å². The van der Waals surface area contributed by atoms with Crippen molar-refractivity contribution < 1.29 is 14.7 Å². The van der Waals surface area contributed by atoms with Gasteiger partial charge in [-0.3, -0.25) is 4.79 Å². The Morgan fingerprint density at radius 1 is 1.33 bits per heavy atom. The number of aliphatic hydroxyl groups is 1. The van der Waals surface area contributed by atoms with E-state index >= 15 is 0 Å². The third kappa shape index (κ3) is 6.24. The summed E-state index contributed by atoms with van der Waals surface area (Å²) in [6, 6.07) is 8.40. The number of rotatable bonds is 9. The minimum absolute atomic E-state index is 0.00815. The predicted octanol–water partition coefficient (Wildman–Crippen LogP) is 6.05. The van der Waals surface area contributed by atoms with E-state index in [-0.39, 0.29) is 21.4 Å². The number of hydrogen-bond acceptors (Lipinski definition) is 5. The number of aliphatic hydroxyl groups excluding tert-OH is 1. The number of thioether (sulfide) groups is 1. The molecule has 2 rings (SSSR count). The van der Waals surface area contributed by atoms with Crippen LogP contribution in [0.15, 0.2) is 45.6 Å². The molecular formula is C21H28INO3S. The zero-order valence-electron chi connectivity index (χ0n) is 16.2. The van der Waals surface area contributed by atoms with Gasteiger partial charge in [0, 0.05) is 17.7 Å². The number of hydrogen-bond donors (Lipinski definition) is 1. The second-order valence-corrected chi connectivity index (χ2v) is 9.67. The van der Waals surface area contributed by atoms with Crippen LogP contribution in [0.4, 0.5) is 0 Å². The van der Waals surface area contributed by atoms with E-state index < -0.39 is 0 Å². The summed E-state index contributed by atoms with van der Waals surface area (Å²) in [6.07, 6.45) is 3.26. The summed E-state index contributed by atoms with van der Waals surface area (Å²) in [5.74, 6) is 1.20. The summed E-state index contributed by atoms with van der Waals surface area (Å²) in [5, 5.41) is 14.7. The van der Waals surface area contributed by atoms with E-state index in [2.05, 4.69) is 58.9 Å². The maximum absolute atomic E-state index is 12.8. The molecule has 0 aromatic heterocycles. The van der Waals surface area contributed by atoms with Crippen molar-refractivity contribution in [3.63, 3.8) is 0 Å². The number of halogens is 1. The maximum atomic E-state index is 12.8. The Bertz CT molecular complexity index is 698. The SMILES string of the molecule is CCCCSc1ccc(C2CC(=O)C(C(=NOCC)C(C)I)=C(O)C2)cc1. The summed E-state index contributed by atoms with van der Waals surface area (Å²) < 4.78 is -0.0220. The molecule has 27 heavy (non-hydrogen) atoms. The predicted molar refractivity (Wildman–Crippen MR) is 121 cm³/mol. The third-order valence-electron chi connectivity index (χ3n) is 4.48. The standard InChI is InChI=1S/C21H28INO3S/c1-4-6-11-27-17-9-7-15(8-10-17)16-12-18(24)20(19(25)13-16)21(14(3)22)23-26-5-2/h7-10,14,16,24H,4-6,11-13H2,1-3H3. The van der Waals surface area contributed by atoms with Crippen LogP contribution in [-0.2, 0) is 9.63 Å². The fourth-order valence-electron chi connectivity index (χ4n) is 3.04. The molecule has 0 amide bonds. The molecule has 2 unspecified atom stereocenters. The van der Waals surface area contributed by atoms with E-state index in [1.807, 2.05) is 25.6 Å². The largest absolute Gasteiger partial charge is 0.511 e. The number of oxime groups is 1. The van der Waals surface area contributed by atoms with Crippen LogP contribution >= 0.6 is 34.4 Å². The lowest BCUT2D eigenvalue weighted by molar-refractivity contribution is -0.116. The lowest BCUT2D eigenvalue weighted by Crippen LogP contribution is -2.27. The molecule has 1 aliphatic rings. The van der Waals surface area contributed by atoms with Crippen LogP contribution in [0.2, 0.25) is 0 Å². The van der Waals surface area contributed by atoms with Crippen LogP contribution in [0.1, 0.15) is 57.9 Å². The molecule has 0 radical (unpaired) electrons. The minimum Gasteiger partial charge on any atom is -0.511 e. The summed E-state index contributed by atoms with van der Waals surface area (Å²) in [7, 11) is 0. The topological polar surface area (TPSA) is 58.9 Å². The average molecular weight is 501 g/mol. The summed E-state index contributed by atoms with van der Waals surface area (Å²) in [4.78, 5) is 19.2. The highest BCUT2D eigenvalue weighted by molar-refractivity contribution is 14.1. The number of allylic oxidation sites excluding steroid dienone is 2. The van der Waals surface area contributed by atoms with E-state index in [4.69, 9.17) is 4.84 Å². The normalized spacial score (nSPS) is 19.3. The van der Waals surface area contributed by atoms with Crippen molar-refractivity contribution >= 4 is 45.8 Å². The number of nitrogens with zero attached hydrogens (tertiary/aromatic N) is 1. The van der Waals surface area contributed by atoms with E-state index in [1.54, 1.807) is 0 Å². The van der Waals surface area contributed by atoms with E-state index in [0.29, 0.717) is 30.7 Å². The van der Waals surface area contributed by atoms with Gasteiger partial charge in [0.25, 0.3) is 0 Å². The number of carbonyl (C=O) groups is 1. The number of ketones is 1. The minimum atomic E-state index is -0.0629. The Labute approximate surface area is 180 Å². The van der Waals surface area contributed by atoms with Crippen molar-refractivity contribution in [2.75, 3.05) is 12.4 Å². The van der Waals surface area contributed by atoms with Crippen molar-refractivity contribution in [3.8, 4) is 0 Å². The van der Waals surface area contributed by atoms with Gasteiger partial charge < -0.3 is 9.94 Å². The molecule has 4 nitrogen and oxygen atoms in total. The summed E-state index contributed by atoms with van der Waals surface area (Å²) in [6.45, 7) is 6.41. The zero-order chi connectivity index (χ0) is 19.8. The first-order valence-corrected chi connectivity index (χ1v) is 11.7. The highest BCUT2D eigenvalue weighted by atomic mass is 127. The third-order valence-corrected chi connectivity index (χ3v) is 6.17. The highest BCUT2D eigenvalue weighted by Gasteiger charge is 2.33. The van der Waals surface area contributed by atoms with Gasteiger partial charge in [-0.1, -0.05) is 53.2 Å². The van der Waals surface area contributed by atoms with Crippen LogP contribution in [0, 0.1) is 0 Å². The molecule has 1 aromatic carbocycles. The second kappa shape index (κ2) is 11.1. The molecule has 0 saturated heterocycles. The van der Waals surface area contributed by atoms with Gasteiger partial charge in [0.15, 0.2) is 5.78 Å². The van der Waals surface area contributed by atoms with Gasteiger partial charge in [0.2, 0.25) is 0 Å². The molecule has 1 N–H and O–H groups in total. The van der Waals surface area contributed by atoms with Gasteiger partial charge >= 0.3 is 0 Å². The Morgan fingerprint density at radius 2 is 2.04 bits per heavy atom. The first-order chi connectivity index (χ1) is 13.0. The second-order valence-electron chi connectivity index (χ2n) is 6.63. The van der Waals surface area contributed by atoms with Crippen molar-refractivity contribution in [1.29, 1.82) is 0 Å². The lowest BCUT2D eigenvalue weighted by Gasteiger charge is -2.25. The molecule has 1 aromatic rings. The van der Waals surface area contributed by atoms with Gasteiger partial charge in [0.1, 0.15) is 18.1 Å². The number of benzene rings is 1. The maximum Gasteiger partial charge on any atom is 0.168 e. The lowest BCUT2D eigenvalue weighted by atomic mass is 9.81. The van der Waals surface area contributed by atoms with Crippen molar-refractivity contribution in [2.45, 2.75) is 61.2 Å². The Hall–Kier alpha value is -1.02. The molecule has 0 bridgehead atoms. The molecule has 148 valence electrons. The zero-order valence-corrected chi connectivity index (χ0v) is 19.2. The molecule has 0 fully saturated rings. The first-order valence-electron chi connectivity index (χ1n) is 9.50. The fourth-order valence-corrected chi connectivity index (χ4v) is 4.46. The summed E-state index contributed by atoms with van der Waals surface area (Å²) in [5.41, 5.74) is 1.97. The fraction of sp³-hybridized carbons (Fsp3) is 0.524. The van der Waals surface area contributed by atoms with Crippen molar-refractivity contribution in [1.82, 2.24) is 0 Å². The van der Waals surface area contributed by atoms with Crippen LogP contribution in [0.3, 0.4) is 0 Å². The molecular weight excluding hydrogens is 473 g/mol. The monoisotopic (exact) mass is 501 g/mol. The smallest absolute Gasteiger partial charge is 0.168 e. The highest BCUT2D eigenvalue weighted by Crippen LogP contribution is 2.35. The number of carbonyl (C=O) groups excluding carboxylic acids is 1. The molecule has 0 heterocycles. The molecule has 0 saturated carbocycles. The Balaban J connectivity index is 2.15. The van der Waals surface area contributed by atoms with E-state index in [9.17, 15) is 9.90 Å². The van der Waals surface area contributed by atoms with Crippen LogP contribution in [-0.4, -0.2) is 32.9 Å². The van der Waals surface area contributed by atoms with E-state index in [0.717, 1.165) is 11.3 Å². The first kappa shape index (κ1) is 22.3. The van der Waals surface area contributed by atoms with Gasteiger partial charge in [-0.15, -0.1) is 11.8 Å². The van der Waals surface area contributed by atoms with Crippen molar-refractivity contribution in [2.24, 2.45) is 5.16 Å². The summed E-state index contributed by atoms with van der Waals surface area (Å²) >= 11 is 4.05. The average Bonchev–Trinajstić information content (AvgIpc) is 2.64. The molecule has 0 aliphatic heterocycles. The van der Waals surface area contributed by atoms with Gasteiger partial charge in [0.05, 0.1) is 9.50 Å². The quantitative estimate of drug-likeness (QED) is 0.112. The molecule has 0 spiro atoms. The van der Waals surface area contributed by atoms with Crippen LogP contribution in [0.25, 0.3) is 0 Å². The molecule has 2 atom stereocenters. The number of alkyl halides is 1. The van der Waals surface area contributed by atoms with Crippen molar-refractivity contribution in [3.05, 3.63) is 41.2 Å². The van der Waals surface area contributed by atoms with Gasteiger partial charge in [-0.2, -0.15) is 0 Å². The Morgan fingerprint density at radius 3 is 2.59 bits per heavy atom. The van der Waals surface area contributed by atoms with Gasteiger partial charge in [-0.25, -0.2) is 0 Å². The Kier molecular flexibility index (Phi) is 9.15.